The average Bonchev–Trinajstić information content (AvgIpc) is 2.37. The van der Waals surface area contributed by atoms with Gasteiger partial charge in [-0.25, -0.2) is 13.4 Å². The molecule has 0 aliphatic carbocycles. The molecule has 0 atom stereocenters. The first kappa shape index (κ1) is 13.9. The molecule has 0 saturated heterocycles. The fourth-order valence-corrected chi connectivity index (χ4v) is 2.99. The van der Waals surface area contributed by atoms with E-state index in [4.69, 9.17) is 5.73 Å². The molecule has 0 aliphatic heterocycles. The van der Waals surface area contributed by atoms with E-state index in [1.165, 1.54) is 18.2 Å². The number of hydrogen-bond donors (Lipinski definition) is 1. The van der Waals surface area contributed by atoms with Gasteiger partial charge in [-0.15, -0.1) is 6.58 Å². The molecule has 0 amide bonds. The van der Waals surface area contributed by atoms with Crippen LogP contribution in [0.3, 0.4) is 0 Å². The van der Waals surface area contributed by atoms with Crippen molar-refractivity contribution in [1.29, 1.82) is 0 Å². The van der Waals surface area contributed by atoms with Crippen molar-refractivity contribution >= 4 is 32.1 Å². The molecule has 8 heteroatoms. The molecule has 0 aliphatic rings. The highest BCUT2D eigenvalue weighted by atomic mass is 32.2. The van der Waals surface area contributed by atoms with E-state index < -0.39 is 31.2 Å². The Hall–Kier alpha value is -2.48. The van der Waals surface area contributed by atoms with Gasteiger partial charge in [0.05, 0.1) is 21.6 Å². The molecule has 1 aromatic heterocycles. The second-order valence-electron chi connectivity index (χ2n) is 4.02. The third-order valence-electron chi connectivity index (χ3n) is 2.68. The Morgan fingerprint density at radius 3 is 2.65 bits per heavy atom. The lowest BCUT2D eigenvalue weighted by Crippen LogP contribution is -2.12. The van der Waals surface area contributed by atoms with Gasteiger partial charge in [0.2, 0.25) is 9.84 Å². The molecule has 0 spiro atoms. The summed E-state index contributed by atoms with van der Waals surface area (Å²) in [6.45, 7) is 3.34. The van der Waals surface area contributed by atoms with Crippen LogP contribution in [-0.4, -0.2) is 24.1 Å². The van der Waals surface area contributed by atoms with E-state index in [9.17, 15) is 18.5 Å². The number of anilines is 1. The van der Waals surface area contributed by atoms with Gasteiger partial charge in [0.25, 0.3) is 0 Å². The predicted octanol–water partition coefficient (Wildman–Crippen LogP) is 1.68. The first-order chi connectivity index (χ1) is 9.38. The lowest BCUT2D eigenvalue weighted by molar-refractivity contribution is -0.382. The summed E-state index contributed by atoms with van der Waals surface area (Å²) in [6.07, 6.45) is 1.18. The van der Waals surface area contributed by atoms with Crippen LogP contribution in [0.2, 0.25) is 0 Å². The Kier molecular flexibility index (Phi) is 3.41. The Labute approximate surface area is 114 Å². The zero-order valence-electron chi connectivity index (χ0n) is 10.3. The number of pyridine rings is 1. The largest absolute Gasteiger partial charge is 0.391 e. The van der Waals surface area contributed by atoms with E-state index in [1.54, 1.807) is 12.1 Å². The maximum absolute atomic E-state index is 12.0. The molecule has 0 radical (unpaired) electrons. The second-order valence-corrected chi connectivity index (χ2v) is 5.97. The molecule has 1 aromatic carbocycles. The third kappa shape index (κ3) is 2.21. The molecule has 104 valence electrons. The Morgan fingerprint density at radius 1 is 1.40 bits per heavy atom. The van der Waals surface area contributed by atoms with Gasteiger partial charge in [-0.3, -0.25) is 10.1 Å². The van der Waals surface area contributed by atoms with Crippen molar-refractivity contribution in [2.24, 2.45) is 0 Å². The van der Waals surface area contributed by atoms with Gasteiger partial charge < -0.3 is 5.73 Å². The van der Waals surface area contributed by atoms with Gasteiger partial charge in [0.1, 0.15) is 5.69 Å². The molecule has 2 N–H and O–H groups in total. The van der Waals surface area contributed by atoms with Crippen LogP contribution < -0.4 is 5.73 Å². The van der Waals surface area contributed by atoms with Crippen molar-refractivity contribution in [1.82, 2.24) is 4.98 Å². The molecule has 0 fully saturated rings. The zero-order chi connectivity index (χ0) is 14.9. The van der Waals surface area contributed by atoms with Gasteiger partial charge >= 0.3 is 5.69 Å². The number of hydrogen-bond acceptors (Lipinski definition) is 6. The summed E-state index contributed by atoms with van der Waals surface area (Å²) < 4.78 is 24.1. The summed E-state index contributed by atoms with van der Waals surface area (Å²) in [5, 5.41) is 10.9. The van der Waals surface area contributed by atoms with Gasteiger partial charge in [-0.2, -0.15) is 0 Å². The zero-order valence-corrected chi connectivity index (χ0v) is 11.1. The number of fused-ring (bicyclic) bond motifs is 1. The summed E-state index contributed by atoms with van der Waals surface area (Å²) >= 11 is 0. The van der Waals surface area contributed by atoms with Crippen molar-refractivity contribution in [2.75, 3.05) is 11.5 Å². The molecule has 2 aromatic rings. The summed E-state index contributed by atoms with van der Waals surface area (Å²) in [6, 6.07) is 6.17. The number of aromatic nitrogens is 1. The molecule has 2 rings (SSSR count). The number of para-hydroxylation sites is 1. The van der Waals surface area contributed by atoms with Crippen molar-refractivity contribution in [3.8, 4) is 0 Å². The minimum absolute atomic E-state index is 0.201. The number of nitro groups is 1. The van der Waals surface area contributed by atoms with Gasteiger partial charge in [-0.1, -0.05) is 18.2 Å². The number of rotatable bonds is 4. The molecule has 20 heavy (non-hydrogen) atoms. The summed E-state index contributed by atoms with van der Waals surface area (Å²) in [5.41, 5.74) is 4.96. The highest BCUT2D eigenvalue weighted by Gasteiger charge is 2.28. The number of nitrogens with two attached hydrogens (primary N) is 1. The van der Waals surface area contributed by atoms with Crippen molar-refractivity contribution < 1.29 is 13.3 Å². The lowest BCUT2D eigenvalue weighted by Gasteiger charge is -2.08. The molecule has 1 heterocycles. The summed E-state index contributed by atoms with van der Waals surface area (Å²) in [7, 11) is -3.85. The SMILES string of the molecule is C=CCS(=O)(=O)c1nc2ccccc2c([N+](=O)[O-])c1N. The molecular formula is C12H11N3O4S. The molecular weight excluding hydrogens is 282 g/mol. The highest BCUT2D eigenvalue weighted by molar-refractivity contribution is 7.91. The normalized spacial score (nSPS) is 11.4. The van der Waals surface area contributed by atoms with Crippen molar-refractivity contribution in [3.05, 3.63) is 47.0 Å². The number of sulfone groups is 1. The van der Waals surface area contributed by atoms with Crippen LogP contribution in [0, 0.1) is 10.1 Å². The van der Waals surface area contributed by atoms with Crippen LogP contribution >= 0.6 is 0 Å². The molecule has 0 bridgehead atoms. The maximum atomic E-state index is 12.0. The number of nitrogens with zero attached hydrogens (tertiary/aromatic N) is 2. The van der Waals surface area contributed by atoms with Gasteiger partial charge in [-0.05, 0) is 12.1 Å². The Morgan fingerprint density at radius 2 is 2.05 bits per heavy atom. The first-order valence-electron chi connectivity index (χ1n) is 5.54. The smallest absolute Gasteiger partial charge is 0.304 e. The monoisotopic (exact) mass is 293 g/mol. The lowest BCUT2D eigenvalue weighted by atomic mass is 10.2. The average molecular weight is 293 g/mol. The number of benzene rings is 1. The molecule has 0 unspecified atom stereocenters. The number of nitrogen functional groups attached to an aromatic ring is 1. The second kappa shape index (κ2) is 4.89. The summed E-state index contributed by atoms with van der Waals surface area (Å²) in [5.74, 6) is -0.389. The van der Waals surface area contributed by atoms with Crippen LogP contribution in [0.25, 0.3) is 10.9 Å². The van der Waals surface area contributed by atoms with Gasteiger partial charge in [0.15, 0.2) is 5.03 Å². The van der Waals surface area contributed by atoms with Crippen molar-refractivity contribution in [2.45, 2.75) is 5.03 Å². The third-order valence-corrected chi connectivity index (χ3v) is 4.26. The van der Waals surface area contributed by atoms with E-state index >= 15 is 0 Å². The van der Waals surface area contributed by atoms with Crippen LogP contribution in [0.15, 0.2) is 41.9 Å². The highest BCUT2D eigenvalue weighted by Crippen LogP contribution is 2.34. The van der Waals surface area contributed by atoms with Gasteiger partial charge in [0, 0.05) is 0 Å². The van der Waals surface area contributed by atoms with E-state index in [0.29, 0.717) is 0 Å². The van der Waals surface area contributed by atoms with E-state index in [-0.39, 0.29) is 16.7 Å². The Balaban J connectivity index is 2.92. The minimum atomic E-state index is -3.85. The van der Waals surface area contributed by atoms with Crippen LogP contribution in [0.1, 0.15) is 0 Å². The summed E-state index contributed by atoms with van der Waals surface area (Å²) in [4.78, 5) is 14.4. The fourth-order valence-electron chi connectivity index (χ4n) is 1.86. The molecule has 7 nitrogen and oxygen atoms in total. The van der Waals surface area contributed by atoms with Crippen LogP contribution in [0.4, 0.5) is 11.4 Å². The topological polar surface area (TPSA) is 116 Å². The predicted molar refractivity (Wildman–Crippen MR) is 75.1 cm³/mol. The van der Waals surface area contributed by atoms with Crippen LogP contribution in [0.5, 0.6) is 0 Å². The fraction of sp³-hybridized carbons (Fsp3) is 0.0833. The van der Waals surface area contributed by atoms with E-state index in [1.807, 2.05) is 0 Å². The maximum Gasteiger partial charge on any atom is 0.304 e. The Bertz CT molecular complexity index is 815. The van der Waals surface area contributed by atoms with Crippen LogP contribution in [-0.2, 0) is 9.84 Å². The standard InChI is InChI=1S/C12H11N3O4S/c1-2-7-20(18,19)12-10(13)11(15(16)17)8-5-3-4-6-9(8)14-12/h2-6H,1,7,13H2. The quantitative estimate of drug-likeness (QED) is 0.521. The van der Waals surface area contributed by atoms with E-state index in [0.717, 1.165) is 0 Å². The van der Waals surface area contributed by atoms with Crippen molar-refractivity contribution in [3.63, 3.8) is 0 Å². The first-order valence-corrected chi connectivity index (χ1v) is 7.20. The minimum Gasteiger partial charge on any atom is -0.391 e. The van der Waals surface area contributed by atoms with E-state index in [2.05, 4.69) is 11.6 Å². The molecule has 0 saturated carbocycles.